The molecule has 80 valence electrons. The van der Waals surface area contributed by atoms with Gasteiger partial charge in [-0.05, 0) is 0 Å². The quantitative estimate of drug-likeness (QED) is 0.778. The Labute approximate surface area is 78.0 Å². The molecule has 0 amide bonds. The van der Waals surface area contributed by atoms with Crippen LogP contribution in [0.5, 0.6) is 11.8 Å². The van der Waals surface area contributed by atoms with Crippen molar-refractivity contribution in [1.82, 2.24) is 4.73 Å². The molecular formula is C5H4F3NO4S. The summed E-state index contributed by atoms with van der Waals surface area (Å²) in [4.78, 5) is 0. The van der Waals surface area contributed by atoms with Gasteiger partial charge in [-0.3, -0.25) is 4.28 Å². The van der Waals surface area contributed by atoms with Crippen molar-refractivity contribution in [1.29, 1.82) is 0 Å². The molecule has 0 radical (unpaired) electrons. The first-order valence-corrected chi connectivity index (χ1v) is 4.17. The number of alkyl halides is 3. The third kappa shape index (κ3) is 2.10. The third-order valence-electron chi connectivity index (χ3n) is 1.13. The average Bonchev–Trinajstić information content (AvgIpc) is 2.34. The van der Waals surface area contributed by atoms with Crippen LogP contribution in [0.1, 0.15) is 0 Å². The summed E-state index contributed by atoms with van der Waals surface area (Å²) in [5.74, 6) is -1.58. The molecule has 1 rings (SSSR count). The summed E-state index contributed by atoms with van der Waals surface area (Å²) in [5, 5.41) is 17.6. The second kappa shape index (κ2) is 3.40. The highest BCUT2D eigenvalue weighted by molar-refractivity contribution is 7.81. The van der Waals surface area contributed by atoms with Crippen LogP contribution in [-0.2, 0) is 11.1 Å². The number of nitrogens with zero attached hydrogens (tertiary/aromatic N) is 1. The van der Waals surface area contributed by atoms with Gasteiger partial charge in [0.25, 0.3) is 0 Å². The molecule has 0 saturated heterocycles. The van der Waals surface area contributed by atoms with Gasteiger partial charge in [0, 0.05) is 12.1 Å². The van der Waals surface area contributed by atoms with Gasteiger partial charge in [0.15, 0.2) is 0 Å². The molecule has 2 N–H and O–H groups in total. The van der Waals surface area contributed by atoms with E-state index < -0.39 is 28.3 Å². The topological polar surface area (TPSA) is 71.7 Å². The highest BCUT2D eigenvalue weighted by atomic mass is 32.2. The maximum absolute atomic E-state index is 11.7. The van der Waals surface area contributed by atoms with Crippen LogP contribution in [0.15, 0.2) is 12.1 Å². The first-order chi connectivity index (χ1) is 6.32. The Balaban J connectivity index is 2.85. The molecule has 0 saturated carbocycles. The van der Waals surface area contributed by atoms with E-state index >= 15 is 0 Å². The zero-order valence-electron chi connectivity index (χ0n) is 6.35. The zero-order valence-corrected chi connectivity index (χ0v) is 7.17. The second-order valence-electron chi connectivity index (χ2n) is 2.10. The van der Waals surface area contributed by atoms with Crippen LogP contribution in [0.4, 0.5) is 13.2 Å². The van der Waals surface area contributed by atoms with Crippen molar-refractivity contribution >= 4 is 11.1 Å². The smallest absolute Gasteiger partial charge is 0.492 e. The minimum atomic E-state index is -5.08. The Kier molecular flexibility index (Phi) is 2.60. The summed E-state index contributed by atoms with van der Waals surface area (Å²) in [5.41, 5.74) is -5.08. The van der Waals surface area contributed by atoms with E-state index in [1.165, 1.54) is 0 Å². The SMILES string of the molecule is O=S(On1c(O)ccc1O)C(F)(F)F. The van der Waals surface area contributed by atoms with Gasteiger partial charge >= 0.3 is 16.6 Å². The van der Waals surface area contributed by atoms with Gasteiger partial charge < -0.3 is 10.2 Å². The highest BCUT2D eigenvalue weighted by Crippen LogP contribution is 2.24. The Morgan fingerprint density at radius 1 is 1.29 bits per heavy atom. The molecule has 0 aliphatic heterocycles. The van der Waals surface area contributed by atoms with E-state index in [1.54, 1.807) is 0 Å². The average molecular weight is 231 g/mol. The number of rotatable bonds is 2. The Morgan fingerprint density at radius 3 is 2.07 bits per heavy atom. The van der Waals surface area contributed by atoms with Crippen molar-refractivity contribution < 1.29 is 31.9 Å². The van der Waals surface area contributed by atoms with Gasteiger partial charge in [-0.1, -0.05) is 4.73 Å². The number of aromatic hydroxyl groups is 2. The van der Waals surface area contributed by atoms with Crippen LogP contribution in [-0.4, -0.2) is 24.7 Å². The monoisotopic (exact) mass is 231 g/mol. The van der Waals surface area contributed by atoms with Gasteiger partial charge in [0.2, 0.25) is 11.8 Å². The second-order valence-corrected chi connectivity index (χ2v) is 3.18. The van der Waals surface area contributed by atoms with Crippen molar-refractivity contribution in [2.75, 3.05) is 0 Å². The number of aromatic nitrogens is 1. The van der Waals surface area contributed by atoms with Crippen LogP contribution < -0.4 is 4.28 Å². The zero-order chi connectivity index (χ0) is 10.9. The molecule has 1 heterocycles. The van der Waals surface area contributed by atoms with E-state index in [-0.39, 0.29) is 4.73 Å². The predicted molar refractivity (Wildman–Crippen MR) is 38.5 cm³/mol. The molecule has 0 aliphatic carbocycles. The summed E-state index contributed by atoms with van der Waals surface area (Å²) in [6.07, 6.45) is 0. The van der Waals surface area contributed by atoms with Crippen LogP contribution >= 0.6 is 0 Å². The lowest BCUT2D eigenvalue weighted by atomic mass is 10.6. The first kappa shape index (κ1) is 10.7. The Hall–Kier alpha value is -1.38. The highest BCUT2D eigenvalue weighted by Gasteiger charge is 2.41. The van der Waals surface area contributed by atoms with E-state index in [9.17, 15) is 17.4 Å². The van der Waals surface area contributed by atoms with E-state index in [0.29, 0.717) is 0 Å². The molecule has 14 heavy (non-hydrogen) atoms. The number of halogens is 3. The molecule has 1 aromatic rings. The fraction of sp³-hybridized carbons (Fsp3) is 0.200. The lowest BCUT2D eigenvalue weighted by Crippen LogP contribution is -2.26. The number of hydrogen-bond donors (Lipinski definition) is 2. The van der Waals surface area contributed by atoms with Crippen LogP contribution in [0, 0.1) is 0 Å². The van der Waals surface area contributed by atoms with Gasteiger partial charge in [0.05, 0.1) is 0 Å². The lowest BCUT2D eigenvalue weighted by Gasteiger charge is -2.08. The van der Waals surface area contributed by atoms with E-state index in [4.69, 9.17) is 10.2 Å². The molecular weight excluding hydrogens is 227 g/mol. The summed E-state index contributed by atoms with van der Waals surface area (Å²) in [6, 6.07) is 1.76. The minimum Gasteiger partial charge on any atom is -0.492 e. The van der Waals surface area contributed by atoms with Crippen molar-refractivity contribution in [3.63, 3.8) is 0 Å². The summed E-state index contributed by atoms with van der Waals surface area (Å²) >= 11 is -3.64. The normalized spacial score (nSPS) is 13.9. The molecule has 1 aromatic heterocycles. The fourth-order valence-electron chi connectivity index (χ4n) is 0.588. The van der Waals surface area contributed by atoms with E-state index in [1.807, 2.05) is 0 Å². The molecule has 0 spiro atoms. The molecule has 0 bridgehead atoms. The molecule has 5 nitrogen and oxygen atoms in total. The molecule has 1 unspecified atom stereocenters. The van der Waals surface area contributed by atoms with Gasteiger partial charge in [0.1, 0.15) is 0 Å². The molecule has 1 atom stereocenters. The maximum atomic E-state index is 11.7. The van der Waals surface area contributed by atoms with Crippen LogP contribution in [0.2, 0.25) is 0 Å². The lowest BCUT2D eigenvalue weighted by molar-refractivity contribution is -0.0482. The number of hydrogen-bond acceptors (Lipinski definition) is 4. The maximum Gasteiger partial charge on any atom is 0.510 e. The van der Waals surface area contributed by atoms with E-state index in [0.717, 1.165) is 12.1 Å². The first-order valence-electron chi connectivity index (χ1n) is 3.09. The van der Waals surface area contributed by atoms with Gasteiger partial charge in [-0.15, -0.1) is 0 Å². The van der Waals surface area contributed by atoms with Crippen LogP contribution in [0.3, 0.4) is 0 Å². The van der Waals surface area contributed by atoms with Gasteiger partial charge in [-0.2, -0.15) is 13.2 Å². The van der Waals surface area contributed by atoms with Crippen LogP contribution in [0.25, 0.3) is 0 Å². The van der Waals surface area contributed by atoms with Crippen molar-refractivity contribution in [2.24, 2.45) is 0 Å². The third-order valence-corrected chi connectivity index (χ3v) is 1.79. The standard InChI is InChI=1S/C5H4F3NO4S/c6-5(7,8)14(12)13-9-3(10)1-2-4(9)11/h1-2,10-11H. The minimum absolute atomic E-state index is 0.00357. The largest absolute Gasteiger partial charge is 0.510 e. The Bertz CT molecular complexity index is 341. The van der Waals surface area contributed by atoms with E-state index in [2.05, 4.69) is 4.28 Å². The molecule has 0 aromatic carbocycles. The van der Waals surface area contributed by atoms with Crippen molar-refractivity contribution in [3.05, 3.63) is 12.1 Å². The summed E-state index contributed by atoms with van der Waals surface area (Å²) < 4.78 is 49.2. The molecule has 0 fully saturated rings. The van der Waals surface area contributed by atoms with Gasteiger partial charge in [-0.25, -0.2) is 4.21 Å². The molecule has 9 heteroatoms. The summed E-state index contributed by atoms with van der Waals surface area (Å²) in [6.45, 7) is 0. The molecule has 0 aliphatic rings. The van der Waals surface area contributed by atoms with Crippen molar-refractivity contribution in [3.8, 4) is 11.8 Å². The predicted octanol–water partition coefficient (Wildman–Crippen LogP) is 0.511. The van der Waals surface area contributed by atoms with Crippen molar-refractivity contribution in [2.45, 2.75) is 5.51 Å². The fourth-order valence-corrected chi connectivity index (χ4v) is 0.961. The Morgan fingerprint density at radius 2 is 1.71 bits per heavy atom. The summed E-state index contributed by atoms with van der Waals surface area (Å²) in [7, 11) is 0.